The van der Waals surface area contributed by atoms with E-state index in [4.69, 9.17) is 4.74 Å². The lowest BCUT2D eigenvalue weighted by Crippen LogP contribution is -2.49. The Labute approximate surface area is 145 Å². The predicted octanol–water partition coefficient (Wildman–Crippen LogP) is 5.00. The van der Waals surface area contributed by atoms with Crippen LogP contribution in [0.15, 0.2) is 30.5 Å². The summed E-state index contributed by atoms with van der Waals surface area (Å²) in [5.74, 6) is 1.03. The van der Waals surface area contributed by atoms with Gasteiger partial charge in [0.25, 0.3) is 0 Å². The van der Waals surface area contributed by atoms with Crippen molar-refractivity contribution in [2.75, 3.05) is 0 Å². The second-order valence-corrected chi connectivity index (χ2v) is 8.17. The second kappa shape index (κ2) is 6.11. The fourth-order valence-electron chi connectivity index (χ4n) is 4.96. The number of aromatic nitrogens is 1. The van der Waals surface area contributed by atoms with Gasteiger partial charge in [-0.3, -0.25) is 4.90 Å². The summed E-state index contributed by atoms with van der Waals surface area (Å²) < 4.78 is 8.73. The Kier molecular flexibility index (Phi) is 4.07. The van der Waals surface area contributed by atoms with Crippen molar-refractivity contribution in [1.29, 1.82) is 0 Å². The molecule has 0 spiro atoms. The molecule has 3 nitrogen and oxygen atoms in total. The minimum atomic E-state index is 0.377. The molecule has 2 aliphatic heterocycles. The van der Waals surface area contributed by atoms with Gasteiger partial charge >= 0.3 is 0 Å². The van der Waals surface area contributed by atoms with Gasteiger partial charge in [0.05, 0.1) is 0 Å². The van der Waals surface area contributed by atoms with Crippen molar-refractivity contribution in [3.05, 3.63) is 30.5 Å². The van der Waals surface area contributed by atoms with Gasteiger partial charge in [-0.2, -0.15) is 0 Å². The molecule has 0 radical (unpaired) electrons. The van der Waals surface area contributed by atoms with E-state index in [1.165, 1.54) is 36.6 Å². The fourth-order valence-corrected chi connectivity index (χ4v) is 4.96. The summed E-state index contributed by atoms with van der Waals surface area (Å²) in [6.45, 7) is 9.11. The van der Waals surface area contributed by atoms with Crippen molar-refractivity contribution in [3.63, 3.8) is 0 Å². The first-order valence-corrected chi connectivity index (χ1v) is 9.57. The molecule has 2 bridgehead atoms. The topological polar surface area (TPSA) is 17.4 Å². The highest BCUT2D eigenvalue weighted by Gasteiger charge is 2.42. The van der Waals surface area contributed by atoms with Crippen LogP contribution >= 0.6 is 0 Å². The minimum Gasteiger partial charge on any atom is -0.490 e. The van der Waals surface area contributed by atoms with E-state index in [2.05, 4.69) is 67.6 Å². The zero-order valence-corrected chi connectivity index (χ0v) is 15.4. The fraction of sp³-hybridized carbons (Fsp3) is 0.619. The van der Waals surface area contributed by atoms with Gasteiger partial charge in [0.2, 0.25) is 0 Å². The molecule has 4 rings (SSSR count). The van der Waals surface area contributed by atoms with Crippen LogP contribution in [-0.4, -0.2) is 33.7 Å². The normalized spacial score (nSPS) is 27.5. The van der Waals surface area contributed by atoms with Crippen LogP contribution in [0.2, 0.25) is 0 Å². The molecule has 1 aromatic carbocycles. The highest BCUT2D eigenvalue weighted by atomic mass is 16.5. The maximum absolute atomic E-state index is 6.41. The molecule has 0 aliphatic carbocycles. The Hall–Kier alpha value is -1.48. The van der Waals surface area contributed by atoms with Crippen molar-refractivity contribution >= 4 is 10.9 Å². The molecule has 3 heterocycles. The van der Waals surface area contributed by atoms with Crippen LogP contribution in [0, 0.1) is 0 Å². The number of benzene rings is 1. The van der Waals surface area contributed by atoms with Gasteiger partial charge in [-0.15, -0.1) is 0 Å². The summed E-state index contributed by atoms with van der Waals surface area (Å²) in [4.78, 5) is 2.73. The van der Waals surface area contributed by atoms with Gasteiger partial charge in [-0.25, -0.2) is 0 Å². The molecule has 2 aromatic rings. The van der Waals surface area contributed by atoms with Crippen LogP contribution in [0.5, 0.6) is 5.75 Å². The molecule has 2 fully saturated rings. The molecule has 2 unspecified atom stereocenters. The average Bonchev–Trinajstić information content (AvgIpc) is 3.06. The first-order valence-electron chi connectivity index (χ1n) is 9.57. The standard InChI is InChI=1S/C21H30N2O/c1-14(2)22-10-9-16-11-19(7-8-21(16)22)24-20-12-17-5-6-18(13-20)23(17)15(3)4/h7-11,14-15,17-18,20H,5-6,12-13H2,1-4H3. The molecule has 0 N–H and O–H groups in total. The molecule has 2 atom stereocenters. The average molecular weight is 326 g/mol. The van der Waals surface area contributed by atoms with Gasteiger partial charge in [0, 0.05) is 41.3 Å². The molecule has 3 heteroatoms. The van der Waals surface area contributed by atoms with Crippen molar-refractivity contribution in [2.24, 2.45) is 0 Å². The van der Waals surface area contributed by atoms with Crippen molar-refractivity contribution in [1.82, 2.24) is 9.47 Å². The van der Waals surface area contributed by atoms with Gasteiger partial charge in [-0.05, 0) is 77.6 Å². The second-order valence-electron chi connectivity index (χ2n) is 8.17. The van der Waals surface area contributed by atoms with Crippen LogP contribution in [0.1, 0.15) is 59.4 Å². The maximum atomic E-state index is 6.41. The molecule has 0 amide bonds. The minimum absolute atomic E-state index is 0.377. The Morgan fingerprint density at radius 3 is 2.29 bits per heavy atom. The van der Waals surface area contributed by atoms with Crippen molar-refractivity contribution < 1.29 is 4.74 Å². The molecule has 24 heavy (non-hydrogen) atoms. The molecule has 2 aliphatic rings. The van der Waals surface area contributed by atoms with Crippen LogP contribution in [-0.2, 0) is 0 Å². The lowest BCUT2D eigenvalue weighted by atomic mass is 9.98. The number of rotatable bonds is 4. The summed E-state index contributed by atoms with van der Waals surface area (Å²) in [7, 11) is 0. The number of piperidine rings is 1. The lowest BCUT2D eigenvalue weighted by Gasteiger charge is -2.41. The zero-order valence-electron chi connectivity index (χ0n) is 15.4. The Morgan fingerprint density at radius 1 is 0.958 bits per heavy atom. The van der Waals surface area contributed by atoms with E-state index in [-0.39, 0.29) is 0 Å². The first-order chi connectivity index (χ1) is 11.5. The van der Waals surface area contributed by atoms with Crippen LogP contribution in [0.3, 0.4) is 0 Å². The van der Waals surface area contributed by atoms with Crippen molar-refractivity contribution in [3.8, 4) is 5.75 Å². The Bertz CT molecular complexity index is 704. The summed E-state index contributed by atoms with van der Waals surface area (Å²) in [5.41, 5.74) is 1.30. The summed E-state index contributed by atoms with van der Waals surface area (Å²) in [6.07, 6.45) is 7.61. The van der Waals surface area contributed by atoms with Crippen LogP contribution in [0.4, 0.5) is 0 Å². The van der Waals surface area contributed by atoms with Crippen LogP contribution < -0.4 is 4.74 Å². The van der Waals surface area contributed by atoms with Gasteiger partial charge in [-0.1, -0.05) is 0 Å². The third kappa shape index (κ3) is 2.73. The monoisotopic (exact) mass is 326 g/mol. The highest BCUT2D eigenvalue weighted by molar-refractivity contribution is 5.81. The van der Waals surface area contributed by atoms with Gasteiger partial charge in [0.15, 0.2) is 0 Å². The Balaban J connectivity index is 1.49. The van der Waals surface area contributed by atoms with Crippen molar-refractivity contribution in [2.45, 2.75) is 83.6 Å². The molecule has 130 valence electrons. The molecular weight excluding hydrogens is 296 g/mol. The highest BCUT2D eigenvalue weighted by Crippen LogP contribution is 2.38. The van der Waals surface area contributed by atoms with E-state index in [0.717, 1.165) is 17.8 Å². The van der Waals surface area contributed by atoms with Gasteiger partial charge in [0.1, 0.15) is 11.9 Å². The smallest absolute Gasteiger partial charge is 0.120 e. The third-order valence-electron chi connectivity index (χ3n) is 5.89. The summed E-state index contributed by atoms with van der Waals surface area (Å²) in [5, 5.41) is 1.28. The zero-order chi connectivity index (χ0) is 16.8. The number of hydrogen-bond acceptors (Lipinski definition) is 2. The lowest BCUT2D eigenvalue weighted by molar-refractivity contribution is 0.0308. The number of nitrogens with zero attached hydrogens (tertiary/aromatic N) is 2. The first kappa shape index (κ1) is 16.0. The Morgan fingerprint density at radius 2 is 1.67 bits per heavy atom. The van der Waals surface area contributed by atoms with E-state index in [1.54, 1.807) is 0 Å². The van der Waals surface area contributed by atoms with Crippen LogP contribution in [0.25, 0.3) is 10.9 Å². The maximum Gasteiger partial charge on any atom is 0.120 e. The summed E-state index contributed by atoms with van der Waals surface area (Å²) >= 11 is 0. The summed E-state index contributed by atoms with van der Waals surface area (Å²) in [6, 6.07) is 11.4. The van der Waals surface area contributed by atoms with E-state index >= 15 is 0 Å². The quantitative estimate of drug-likeness (QED) is 0.786. The molecule has 2 saturated heterocycles. The largest absolute Gasteiger partial charge is 0.490 e. The van der Waals surface area contributed by atoms with E-state index in [1.807, 2.05) is 0 Å². The molecule has 1 aromatic heterocycles. The van der Waals surface area contributed by atoms with E-state index in [0.29, 0.717) is 18.2 Å². The molecule has 0 saturated carbocycles. The SMILES string of the molecule is CC(C)N1C2CCC1CC(Oc1ccc3c(ccn3C(C)C)c1)C2. The van der Waals surface area contributed by atoms with E-state index < -0.39 is 0 Å². The predicted molar refractivity (Wildman–Crippen MR) is 99.8 cm³/mol. The molecular formula is C21H30N2O. The van der Waals surface area contributed by atoms with Gasteiger partial charge < -0.3 is 9.30 Å². The number of ether oxygens (including phenoxy) is 1. The number of hydrogen-bond donors (Lipinski definition) is 0. The van der Waals surface area contributed by atoms with E-state index in [9.17, 15) is 0 Å². The number of fused-ring (bicyclic) bond motifs is 3. The third-order valence-corrected chi connectivity index (χ3v) is 5.89.